The van der Waals surface area contributed by atoms with E-state index in [4.69, 9.17) is 24.7 Å². The van der Waals surface area contributed by atoms with Crippen LogP contribution in [-0.2, 0) is 14.9 Å². The van der Waals surface area contributed by atoms with Crippen LogP contribution >= 0.6 is 0 Å². The van der Waals surface area contributed by atoms with Gasteiger partial charge in [-0.1, -0.05) is 6.07 Å². The van der Waals surface area contributed by atoms with Crippen LogP contribution in [0.4, 0.5) is 0 Å². The third kappa shape index (κ3) is 1.35. The van der Waals surface area contributed by atoms with Crippen LogP contribution in [0.25, 0.3) is 0 Å². The van der Waals surface area contributed by atoms with Gasteiger partial charge in [0.05, 0.1) is 31.8 Å². The summed E-state index contributed by atoms with van der Waals surface area (Å²) in [6, 6.07) is 6.15. The highest BCUT2D eigenvalue weighted by Crippen LogP contribution is 2.52. The highest BCUT2D eigenvalue weighted by molar-refractivity contribution is 5.48. The number of rotatable bonds is 3. The van der Waals surface area contributed by atoms with Crippen molar-refractivity contribution < 1.29 is 18.9 Å². The summed E-state index contributed by atoms with van der Waals surface area (Å²) in [6.45, 7) is 3.74. The van der Waals surface area contributed by atoms with Gasteiger partial charge >= 0.3 is 0 Å². The summed E-state index contributed by atoms with van der Waals surface area (Å²) in [5, 5.41) is 0. The summed E-state index contributed by atoms with van der Waals surface area (Å²) < 4.78 is 21.8. The third-order valence-corrected chi connectivity index (χ3v) is 4.78. The summed E-state index contributed by atoms with van der Waals surface area (Å²) in [6.07, 6.45) is 0. The average molecular weight is 263 g/mol. The van der Waals surface area contributed by atoms with Gasteiger partial charge in [-0.2, -0.15) is 0 Å². The Morgan fingerprint density at radius 3 is 2.32 bits per heavy atom. The van der Waals surface area contributed by atoms with Crippen LogP contribution < -0.4 is 15.2 Å². The molecule has 2 saturated heterocycles. The molecule has 0 bridgehead atoms. The van der Waals surface area contributed by atoms with Crippen LogP contribution in [-0.4, -0.2) is 39.8 Å². The molecular weight excluding hydrogens is 246 g/mol. The Balaban J connectivity index is 1.76. The first-order chi connectivity index (χ1) is 9.30. The third-order valence-electron chi connectivity index (χ3n) is 4.78. The van der Waals surface area contributed by atoms with Gasteiger partial charge in [0.15, 0.2) is 11.5 Å². The standard InChI is InChI=1S/C14H17NO4/c15-4-13(5-16-6-13)14(7-17-8-14)10-1-2-11-12(3-10)19-9-18-11/h1-3H,4-9,15H2. The summed E-state index contributed by atoms with van der Waals surface area (Å²) in [5.74, 6) is 1.63. The van der Waals surface area contributed by atoms with Gasteiger partial charge < -0.3 is 24.7 Å². The Bertz CT molecular complexity index is 503. The highest BCUT2D eigenvalue weighted by atomic mass is 16.7. The van der Waals surface area contributed by atoms with E-state index < -0.39 is 0 Å². The SMILES string of the molecule is NCC1(C2(c3ccc4c(c3)OCO4)COC2)COC1. The molecule has 0 unspecified atom stereocenters. The maximum Gasteiger partial charge on any atom is 0.231 e. The fourth-order valence-electron chi connectivity index (χ4n) is 3.22. The molecule has 0 amide bonds. The Hall–Kier alpha value is -1.30. The molecule has 2 fully saturated rings. The van der Waals surface area contributed by atoms with Crippen LogP contribution in [0.5, 0.6) is 11.5 Å². The zero-order chi connectivity index (χ0) is 12.9. The van der Waals surface area contributed by atoms with Crippen LogP contribution in [0.15, 0.2) is 18.2 Å². The lowest BCUT2D eigenvalue weighted by atomic mass is 9.57. The van der Waals surface area contributed by atoms with E-state index in [0.717, 1.165) is 11.5 Å². The molecule has 0 aromatic heterocycles. The summed E-state index contributed by atoms with van der Waals surface area (Å²) in [4.78, 5) is 0. The van der Waals surface area contributed by atoms with E-state index in [9.17, 15) is 0 Å². The number of fused-ring (bicyclic) bond motifs is 1. The first-order valence-corrected chi connectivity index (χ1v) is 6.55. The molecule has 102 valence electrons. The topological polar surface area (TPSA) is 62.9 Å². The van der Waals surface area contributed by atoms with Crippen LogP contribution in [0.3, 0.4) is 0 Å². The predicted octanol–water partition coefficient (Wildman–Crippen LogP) is 0.659. The van der Waals surface area contributed by atoms with Gasteiger partial charge in [0.2, 0.25) is 6.79 Å². The van der Waals surface area contributed by atoms with Gasteiger partial charge in [-0.25, -0.2) is 0 Å². The molecular formula is C14H17NO4. The van der Waals surface area contributed by atoms with Gasteiger partial charge in [0.1, 0.15) is 0 Å². The van der Waals surface area contributed by atoms with Crippen molar-refractivity contribution in [2.45, 2.75) is 5.41 Å². The number of hydrogen-bond donors (Lipinski definition) is 1. The van der Waals surface area contributed by atoms with E-state index in [1.165, 1.54) is 5.56 Å². The number of ether oxygens (including phenoxy) is 4. The Labute approximate surface area is 111 Å². The minimum Gasteiger partial charge on any atom is -0.454 e. The van der Waals surface area contributed by atoms with Crippen molar-refractivity contribution in [1.29, 1.82) is 0 Å². The number of nitrogens with two attached hydrogens (primary N) is 1. The second-order valence-electron chi connectivity index (χ2n) is 5.62. The quantitative estimate of drug-likeness (QED) is 0.868. The second-order valence-corrected chi connectivity index (χ2v) is 5.62. The molecule has 4 rings (SSSR count). The molecule has 5 nitrogen and oxygen atoms in total. The molecule has 1 aromatic rings. The molecule has 5 heteroatoms. The fourth-order valence-corrected chi connectivity index (χ4v) is 3.22. The molecule has 0 saturated carbocycles. The van der Waals surface area contributed by atoms with Gasteiger partial charge in [-0.05, 0) is 17.7 Å². The van der Waals surface area contributed by atoms with Crippen LogP contribution in [0.1, 0.15) is 5.56 Å². The zero-order valence-corrected chi connectivity index (χ0v) is 10.7. The van der Waals surface area contributed by atoms with E-state index in [1.807, 2.05) is 6.07 Å². The zero-order valence-electron chi connectivity index (χ0n) is 10.7. The molecule has 0 atom stereocenters. The maximum absolute atomic E-state index is 6.02. The second kappa shape index (κ2) is 3.85. The van der Waals surface area contributed by atoms with Crippen molar-refractivity contribution in [3.63, 3.8) is 0 Å². The van der Waals surface area contributed by atoms with Gasteiger partial charge in [0.25, 0.3) is 0 Å². The van der Waals surface area contributed by atoms with E-state index in [1.54, 1.807) is 0 Å². The first-order valence-electron chi connectivity index (χ1n) is 6.55. The molecule has 3 heterocycles. The molecule has 3 aliphatic heterocycles. The smallest absolute Gasteiger partial charge is 0.231 e. The fraction of sp³-hybridized carbons (Fsp3) is 0.571. The average Bonchev–Trinajstić information content (AvgIpc) is 2.78. The maximum atomic E-state index is 6.02. The van der Waals surface area contributed by atoms with Crippen molar-refractivity contribution in [2.24, 2.45) is 11.1 Å². The number of hydrogen-bond acceptors (Lipinski definition) is 5. The van der Waals surface area contributed by atoms with E-state index >= 15 is 0 Å². The van der Waals surface area contributed by atoms with Gasteiger partial charge in [0, 0.05) is 12.0 Å². The highest BCUT2D eigenvalue weighted by Gasteiger charge is 2.60. The molecule has 2 N–H and O–H groups in total. The molecule has 0 spiro atoms. The molecule has 1 aromatic carbocycles. The van der Waals surface area contributed by atoms with E-state index in [-0.39, 0.29) is 10.8 Å². The van der Waals surface area contributed by atoms with Crippen molar-refractivity contribution >= 4 is 0 Å². The van der Waals surface area contributed by atoms with Gasteiger partial charge in [-0.15, -0.1) is 0 Å². The Morgan fingerprint density at radius 1 is 1.00 bits per heavy atom. The lowest BCUT2D eigenvalue weighted by Gasteiger charge is -2.59. The predicted molar refractivity (Wildman–Crippen MR) is 67.4 cm³/mol. The lowest BCUT2D eigenvalue weighted by Crippen LogP contribution is -2.69. The molecule has 0 aliphatic carbocycles. The summed E-state index contributed by atoms with van der Waals surface area (Å²) in [7, 11) is 0. The van der Waals surface area contributed by atoms with Crippen molar-refractivity contribution in [1.82, 2.24) is 0 Å². The molecule has 3 aliphatic rings. The minimum atomic E-state index is -0.0407. The largest absolute Gasteiger partial charge is 0.454 e. The summed E-state index contributed by atoms with van der Waals surface area (Å²) in [5.41, 5.74) is 7.20. The monoisotopic (exact) mass is 263 g/mol. The Morgan fingerprint density at radius 2 is 1.74 bits per heavy atom. The summed E-state index contributed by atoms with van der Waals surface area (Å²) >= 11 is 0. The van der Waals surface area contributed by atoms with Crippen molar-refractivity contribution in [3.05, 3.63) is 23.8 Å². The van der Waals surface area contributed by atoms with E-state index in [2.05, 4.69) is 12.1 Å². The van der Waals surface area contributed by atoms with Crippen molar-refractivity contribution in [2.75, 3.05) is 39.8 Å². The lowest BCUT2D eigenvalue weighted by molar-refractivity contribution is -0.223. The van der Waals surface area contributed by atoms with Crippen LogP contribution in [0, 0.1) is 5.41 Å². The van der Waals surface area contributed by atoms with E-state index in [0.29, 0.717) is 39.8 Å². The van der Waals surface area contributed by atoms with Crippen LogP contribution in [0.2, 0.25) is 0 Å². The normalized spacial score (nSPS) is 25.5. The first kappa shape index (κ1) is 11.5. The van der Waals surface area contributed by atoms with Crippen molar-refractivity contribution in [3.8, 4) is 11.5 Å². The Kier molecular flexibility index (Phi) is 2.33. The number of benzene rings is 1. The molecule has 0 radical (unpaired) electrons. The minimum absolute atomic E-state index is 0.00104. The van der Waals surface area contributed by atoms with Gasteiger partial charge in [-0.3, -0.25) is 0 Å². The molecule has 19 heavy (non-hydrogen) atoms.